The lowest BCUT2D eigenvalue weighted by Crippen LogP contribution is -2.41. The molecule has 1 rings (SSSR count). The molecule has 0 bridgehead atoms. The van der Waals surface area contributed by atoms with Crippen molar-refractivity contribution in [3.8, 4) is 0 Å². The minimum atomic E-state index is -0.158. The highest BCUT2D eigenvalue weighted by Gasteiger charge is 2.14. The summed E-state index contributed by atoms with van der Waals surface area (Å²) in [6.07, 6.45) is 3.28. The molecule has 4 N–H and O–H groups in total. The van der Waals surface area contributed by atoms with Gasteiger partial charge in [0, 0.05) is 31.1 Å². The number of carbonyl (C=O) groups is 2. The summed E-state index contributed by atoms with van der Waals surface area (Å²) < 4.78 is 0. The highest BCUT2D eigenvalue weighted by Crippen LogP contribution is 2.22. The van der Waals surface area contributed by atoms with Gasteiger partial charge in [-0.2, -0.15) is 0 Å². The molecule has 2 amide bonds. The van der Waals surface area contributed by atoms with E-state index in [-0.39, 0.29) is 42.1 Å². The van der Waals surface area contributed by atoms with Crippen LogP contribution < -0.4 is 16.4 Å². The Labute approximate surface area is 163 Å². The second-order valence-corrected chi connectivity index (χ2v) is 7.48. The van der Waals surface area contributed by atoms with E-state index in [0.717, 1.165) is 19.3 Å². The Hall–Kier alpha value is -1.59. The normalized spacial score (nSPS) is 12.0. The first-order chi connectivity index (χ1) is 11.8. The molecule has 0 radical (unpaired) electrons. The highest BCUT2D eigenvalue weighted by molar-refractivity contribution is 5.94. The van der Waals surface area contributed by atoms with E-state index in [2.05, 4.69) is 38.3 Å². The predicted octanol–water partition coefficient (Wildman–Crippen LogP) is 3.16. The van der Waals surface area contributed by atoms with Crippen LogP contribution in [-0.4, -0.2) is 30.9 Å². The van der Waals surface area contributed by atoms with E-state index >= 15 is 0 Å². The fourth-order valence-electron chi connectivity index (χ4n) is 2.51. The monoisotopic (exact) mass is 383 g/mol. The molecule has 26 heavy (non-hydrogen) atoms. The Kier molecular flexibility index (Phi) is 11.2. The SMILES string of the molecule is CCCCC(CN)NC(=O)CCNC(=O)c1ccc(C(C)(C)C)cc1.Cl. The van der Waals surface area contributed by atoms with E-state index in [4.69, 9.17) is 5.73 Å². The minimum Gasteiger partial charge on any atom is -0.352 e. The molecule has 0 saturated carbocycles. The molecule has 6 heteroatoms. The van der Waals surface area contributed by atoms with Gasteiger partial charge in [-0.15, -0.1) is 12.4 Å². The third-order valence-electron chi connectivity index (χ3n) is 4.21. The number of nitrogens with one attached hydrogen (secondary N) is 2. The summed E-state index contributed by atoms with van der Waals surface area (Å²) in [4.78, 5) is 24.1. The molecule has 1 aromatic carbocycles. The first-order valence-corrected chi connectivity index (χ1v) is 9.16. The Bertz CT molecular complexity index is 553. The van der Waals surface area contributed by atoms with Gasteiger partial charge in [0.15, 0.2) is 0 Å². The Balaban J connectivity index is 0.00000625. The number of rotatable bonds is 9. The van der Waals surface area contributed by atoms with Gasteiger partial charge in [0.25, 0.3) is 5.91 Å². The number of nitrogens with two attached hydrogens (primary N) is 1. The summed E-state index contributed by atoms with van der Waals surface area (Å²) >= 11 is 0. The zero-order valence-electron chi connectivity index (χ0n) is 16.4. The van der Waals surface area contributed by atoms with Crippen molar-refractivity contribution >= 4 is 24.2 Å². The molecular weight excluding hydrogens is 350 g/mol. The van der Waals surface area contributed by atoms with E-state index in [1.807, 2.05) is 24.3 Å². The molecule has 1 unspecified atom stereocenters. The van der Waals surface area contributed by atoms with Gasteiger partial charge in [-0.25, -0.2) is 0 Å². The first-order valence-electron chi connectivity index (χ1n) is 9.16. The second-order valence-electron chi connectivity index (χ2n) is 7.48. The topological polar surface area (TPSA) is 84.2 Å². The number of halogens is 1. The van der Waals surface area contributed by atoms with Crippen molar-refractivity contribution < 1.29 is 9.59 Å². The smallest absolute Gasteiger partial charge is 0.251 e. The maximum Gasteiger partial charge on any atom is 0.251 e. The van der Waals surface area contributed by atoms with Crippen LogP contribution in [0, 0.1) is 0 Å². The van der Waals surface area contributed by atoms with Crippen LogP contribution in [0.4, 0.5) is 0 Å². The van der Waals surface area contributed by atoms with Gasteiger partial charge < -0.3 is 16.4 Å². The zero-order chi connectivity index (χ0) is 18.9. The average Bonchev–Trinajstić information content (AvgIpc) is 2.57. The second kappa shape index (κ2) is 11.9. The van der Waals surface area contributed by atoms with Crippen LogP contribution in [0.1, 0.15) is 69.3 Å². The summed E-state index contributed by atoms with van der Waals surface area (Å²) in [7, 11) is 0. The Morgan fingerprint density at radius 3 is 2.27 bits per heavy atom. The molecule has 0 aromatic heterocycles. The summed E-state index contributed by atoms with van der Waals surface area (Å²) in [6, 6.07) is 7.62. The standard InChI is InChI=1S/C20H33N3O2.ClH/c1-5-6-7-17(14-21)23-18(24)12-13-22-19(25)15-8-10-16(11-9-15)20(2,3)4;/h8-11,17H,5-7,12-14,21H2,1-4H3,(H,22,25)(H,23,24);1H. The van der Waals surface area contributed by atoms with E-state index in [1.54, 1.807) is 0 Å². The van der Waals surface area contributed by atoms with Gasteiger partial charge in [-0.1, -0.05) is 52.7 Å². The number of benzene rings is 1. The lowest BCUT2D eigenvalue weighted by atomic mass is 9.87. The van der Waals surface area contributed by atoms with Gasteiger partial charge in [0.2, 0.25) is 5.91 Å². The molecule has 148 valence electrons. The first kappa shape index (κ1) is 24.4. The van der Waals surface area contributed by atoms with Crippen LogP contribution in [0.25, 0.3) is 0 Å². The van der Waals surface area contributed by atoms with Crippen molar-refractivity contribution in [1.29, 1.82) is 0 Å². The quantitative estimate of drug-likeness (QED) is 0.612. The van der Waals surface area contributed by atoms with Gasteiger partial charge in [0.05, 0.1) is 0 Å². The van der Waals surface area contributed by atoms with E-state index in [0.29, 0.717) is 18.7 Å². The molecule has 1 aromatic rings. The van der Waals surface area contributed by atoms with Crippen LogP contribution >= 0.6 is 12.4 Å². The van der Waals surface area contributed by atoms with Crippen LogP contribution in [0.15, 0.2) is 24.3 Å². The number of amides is 2. The molecule has 1 atom stereocenters. The van der Waals surface area contributed by atoms with E-state index in [9.17, 15) is 9.59 Å². The number of hydrogen-bond donors (Lipinski definition) is 3. The van der Waals surface area contributed by atoms with Crippen LogP contribution in [0.5, 0.6) is 0 Å². The molecular formula is C20H34ClN3O2. The van der Waals surface area contributed by atoms with Crippen molar-refractivity contribution in [2.75, 3.05) is 13.1 Å². The maximum atomic E-state index is 12.1. The van der Waals surface area contributed by atoms with Gasteiger partial charge in [-0.3, -0.25) is 9.59 Å². The van der Waals surface area contributed by atoms with Crippen LogP contribution in [0.3, 0.4) is 0 Å². The molecule has 0 spiro atoms. The van der Waals surface area contributed by atoms with Gasteiger partial charge in [-0.05, 0) is 29.5 Å². The van der Waals surface area contributed by atoms with Crippen molar-refractivity contribution in [3.05, 3.63) is 35.4 Å². The lowest BCUT2D eigenvalue weighted by molar-refractivity contribution is -0.121. The fourth-order valence-corrected chi connectivity index (χ4v) is 2.51. The zero-order valence-corrected chi connectivity index (χ0v) is 17.2. The number of carbonyl (C=O) groups excluding carboxylic acids is 2. The molecule has 5 nitrogen and oxygen atoms in total. The Morgan fingerprint density at radius 2 is 1.77 bits per heavy atom. The lowest BCUT2D eigenvalue weighted by Gasteiger charge is -2.19. The summed E-state index contributed by atoms with van der Waals surface area (Å²) in [5, 5.41) is 5.72. The van der Waals surface area contributed by atoms with Gasteiger partial charge in [0.1, 0.15) is 0 Å². The average molecular weight is 384 g/mol. The molecule has 0 aliphatic rings. The molecule has 0 heterocycles. The molecule has 0 aliphatic carbocycles. The highest BCUT2D eigenvalue weighted by atomic mass is 35.5. The van der Waals surface area contributed by atoms with Crippen molar-refractivity contribution in [3.63, 3.8) is 0 Å². The fraction of sp³-hybridized carbons (Fsp3) is 0.600. The minimum absolute atomic E-state index is 0. The molecule has 0 aliphatic heterocycles. The predicted molar refractivity (Wildman–Crippen MR) is 110 cm³/mol. The maximum absolute atomic E-state index is 12.1. The van der Waals surface area contributed by atoms with E-state index in [1.165, 1.54) is 5.56 Å². The van der Waals surface area contributed by atoms with Crippen molar-refractivity contribution in [1.82, 2.24) is 10.6 Å². The third-order valence-corrected chi connectivity index (χ3v) is 4.21. The summed E-state index contributed by atoms with van der Waals surface area (Å²) in [5.41, 5.74) is 7.52. The van der Waals surface area contributed by atoms with Crippen molar-refractivity contribution in [2.45, 2.75) is 64.8 Å². The largest absolute Gasteiger partial charge is 0.352 e. The molecule has 0 saturated heterocycles. The third kappa shape index (κ3) is 8.68. The summed E-state index contributed by atoms with van der Waals surface area (Å²) in [6.45, 7) is 9.27. The van der Waals surface area contributed by atoms with Crippen molar-refractivity contribution in [2.24, 2.45) is 5.73 Å². The molecule has 0 fully saturated rings. The number of hydrogen-bond acceptors (Lipinski definition) is 3. The van der Waals surface area contributed by atoms with Gasteiger partial charge >= 0.3 is 0 Å². The Morgan fingerprint density at radius 1 is 1.15 bits per heavy atom. The van der Waals surface area contributed by atoms with Crippen LogP contribution in [0.2, 0.25) is 0 Å². The summed E-state index contributed by atoms with van der Waals surface area (Å²) in [5.74, 6) is -0.232. The number of unbranched alkanes of at least 4 members (excludes halogenated alkanes) is 1. The van der Waals surface area contributed by atoms with Crippen LogP contribution in [-0.2, 0) is 10.2 Å². The van der Waals surface area contributed by atoms with E-state index < -0.39 is 0 Å².